The average Bonchev–Trinajstić information content (AvgIpc) is 2.64. The number of carbonyl (C=O) groups is 3. The SMILES string of the molecule is CCOC(=O)N1CCN(C(=O)CN(C)CC(=O)Nc2c(C)cc(C)cc2C)CC1. The van der Waals surface area contributed by atoms with Gasteiger partial charge in [0, 0.05) is 31.9 Å². The van der Waals surface area contributed by atoms with E-state index in [0.29, 0.717) is 32.8 Å². The van der Waals surface area contributed by atoms with Gasteiger partial charge in [0.25, 0.3) is 0 Å². The Hall–Kier alpha value is -2.61. The zero-order chi connectivity index (χ0) is 21.6. The maximum Gasteiger partial charge on any atom is 0.409 e. The molecule has 0 aromatic heterocycles. The largest absolute Gasteiger partial charge is 0.450 e. The van der Waals surface area contributed by atoms with Crippen molar-refractivity contribution < 1.29 is 19.1 Å². The first-order valence-corrected chi connectivity index (χ1v) is 9.97. The molecule has 0 atom stereocenters. The molecule has 0 radical (unpaired) electrons. The van der Waals surface area contributed by atoms with E-state index in [1.54, 1.807) is 28.7 Å². The van der Waals surface area contributed by atoms with Gasteiger partial charge < -0.3 is 19.9 Å². The van der Waals surface area contributed by atoms with Crippen molar-refractivity contribution in [2.45, 2.75) is 27.7 Å². The Bertz CT molecular complexity index is 734. The lowest BCUT2D eigenvalue weighted by molar-refractivity contribution is -0.134. The third-order valence-corrected chi connectivity index (χ3v) is 4.92. The van der Waals surface area contributed by atoms with Crippen molar-refractivity contribution >= 4 is 23.6 Å². The van der Waals surface area contributed by atoms with Crippen molar-refractivity contribution in [2.75, 3.05) is 58.2 Å². The first kappa shape index (κ1) is 22.7. The Labute approximate surface area is 172 Å². The summed E-state index contributed by atoms with van der Waals surface area (Å²) in [5, 5.41) is 2.96. The van der Waals surface area contributed by atoms with E-state index in [9.17, 15) is 14.4 Å². The number of piperazine rings is 1. The number of ether oxygens (including phenoxy) is 1. The van der Waals surface area contributed by atoms with Crippen molar-refractivity contribution in [3.05, 3.63) is 28.8 Å². The molecule has 1 aromatic rings. The van der Waals surface area contributed by atoms with Crippen LogP contribution in [-0.4, -0.2) is 85.5 Å². The summed E-state index contributed by atoms with van der Waals surface area (Å²) in [7, 11) is 1.75. The van der Waals surface area contributed by atoms with Gasteiger partial charge in [-0.25, -0.2) is 4.79 Å². The Kier molecular flexibility index (Phi) is 8.01. The maximum absolute atomic E-state index is 12.5. The van der Waals surface area contributed by atoms with Gasteiger partial charge in [0.15, 0.2) is 0 Å². The minimum Gasteiger partial charge on any atom is -0.450 e. The first-order valence-electron chi connectivity index (χ1n) is 9.97. The van der Waals surface area contributed by atoms with Crippen molar-refractivity contribution in [2.24, 2.45) is 0 Å². The summed E-state index contributed by atoms with van der Waals surface area (Å²) < 4.78 is 4.99. The van der Waals surface area contributed by atoms with Gasteiger partial charge in [0.2, 0.25) is 11.8 Å². The third-order valence-electron chi connectivity index (χ3n) is 4.92. The lowest BCUT2D eigenvalue weighted by Gasteiger charge is -2.34. The highest BCUT2D eigenvalue weighted by molar-refractivity contribution is 5.94. The minimum atomic E-state index is -0.338. The number of nitrogens with zero attached hydrogens (tertiary/aromatic N) is 3. The predicted molar refractivity (Wildman–Crippen MR) is 112 cm³/mol. The van der Waals surface area contributed by atoms with Crippen LogP contribution in [0.1, 0.15) is 23.6 Å². The van der Waals surface area contributed by atoms with Crippen molar-refractivity contribution in [3.8, 4) is 0 Å². The van der Waals surface area contributed by atoms with E-state index in [2.05, 4.69) is 5.32 Å². The van der Waals surface area contributed by atoms with Crippen LogP contribution in [0.2, 0.25) is 0 Å². The summed E-state index contributed by atoms with van der Waals surface area (Å²) in [6, 6.07) is 4.07. The quantitative estimate of drug-likeness (QED) is 0.782. The highest BCUT2D eigenvalue weighted by Gasteiger charge is 2.25. The number of rotatable bonds is 6. The van der Waals surface area contributed by atoms with E-state index >= 15 is 0 Å². The summed E-state index contributed by atoms with van der Waals surface area (Å²) in [6.07, 6.45) is -0.338. The molecule has 160 valence electrons. The highest BCUT2D eigenvalue weighted by Crippen LogP contribution is 2.21. The molecule has 1 fully saturated rings. The molecule has 2 rings (SSSR count). The number of hydrogen-bond acceptors (Lipinski definition) is 5. The molecule has 0 saturated carbocycles. The van der Waals surface area contributed by atoms with Crippen molar-refractivity contribution in [1.82, 2.24) is 14.7 Å². The van der Waals surface area contributed by atoms with Crippen molar-refractivity contribution in [3.63, 3.8) is 0 Å². The lowest BCUT2D eigenvalue weighted by Crippen LogP contribution is -2.52. The van der Waals surface area contributed by atoms with Gasteiger partial charge in [0.05, 0.1) is 19.7 Å². The number of aryl methyl sites for hydroxylation is 3. The van der Waals surface area contributed by atoms with Crippen LogP contribution in [0.15, 0.2) is 12.1 Å². The van der Waals surface area contributed by atoms with Crippen LogP contribution in [-0.2, 0) is 14.3 Å². The second-order valence-corrected chi connectivity index (χ2v) is 7.56. The van der Waals surface area contributed by atoms with Gasteiger partial charge in [-0.05, 0) is 45.9 Å². The van der Waals surface area contributed by atoms with E-state index < -0.39 is 0 Å². The molecule has 8 nitrogen and oxygen atoms in total. The molecule has 0 bridgehead atoms. The van der Waals surface area contributed by atoms with Crippen LogP contribution in [0, 0.1) is 20.8 Å². The number of carbonyl (C=O) groups excluding carboxylic acids is 3. The number of hydrogen-bond donors (Lipinski definition) is 1. The van der Waals surface area contributed by atoms with Crippen molar-refractivity contribution in [1.29, 1.82) is 0 Å². The van der Waals surface area contributed by atoms with Gasteiger partial charge in [0.1, 0.15) is 0 Å². The molecule has 0 unspecified atom stereocenters. The molecule has 1 N–H and O–H groups in total. The summed E-state index contributed by atoms with van der Waals surface area (Å²) in [5.41, 5.74) is 4.03. The van der Waals surface area contributed by atoms with Crippen LogP contribution in [0.4, 0.5) is 10.5 Å². The summed E-state index contributed by atoms with van der Waals surface area (Å²) in [4.78, 5) is 41.7. The maximum atomic E-state index is 12.5. The monoisotopic (exact) mass is 404 g/mol. The molecule has 0 spiro atoms. The van der Waals surface area contributed by atoms with Gasteiger partial charge in [-0.2, -0.15) is 0 Å². The molecule has 0 aliphatic carbocycles. The number of amides is 3. The molecule has 8 heteroatoms. The fourth-order valence-corrected chi connectivity index (χ4v) is 3.54. The first-order chi connectivity index (χ1) is 13.7. The van der Waals surface area contributed by atoms with Crippen LogP contribution < -0.4 is 5.32 Å². The number of nitrogens with one attached hydrogen (secondary N) is 1. The Balaban J connectivity index is 1.80. The van der Waals surface area contributed by atoms with Crippen LogP contribution >= 0.6 is 0 Å². The molecular weight excluding hydrogens is 372 g/mol. The third kappa shape index (κ3) is 6.45. The standard InChI is InChI=1S/C21H32N4O4/c1-6-29-21(28)25-9-7-24(8-10-25)19(27)14-23(5)13-18(26)22-20-16(3)11-15(2)12-17(20)4/h11-12H,6-10,13-14H2,1-5H3,(H,22,26). The molecule has 1 heterocycles. The molecule has 1 aliphatic rings. The fourth-order valence-electron chi connectivity index (χ4n) is 3.54. The number of benzene rings is 1. The zero-order valence-corrected chi connectivity index (χ0v) is 18.1. The Morgan fingerprint density at radius 3 is 2.10 bits per heavy atom. The smallest absolute Gasteiger partial charge is 0.409 e. The molecule has 3 amide bonds. The van der Waals surface area contributed by atoms with E-state index in [1.807, 2.05) is 32.9 Å². The second-order valence-electron chi connectivity index (χ2n) is 7.56. The van der Waals surface area contributed by atoms with E-state index in [-0.39, 0.29) is 31.0 Å². The van der Waals surface area contributed by atoms with E-state index in [4.69, 9.17) is 4.74 Å². The molecule has 29 heavy (non-hydrogen) atoms. The summed E-state index contributed by atoms with van der Waals surface area (Å²) in [6.45, 7) is 10.2. The zero-order valence-electron chi connectivity index (χ0n) is 18.1. The Morgan fingerprint density at radius 2 is 1.55 bits per heavy atom. The second kappa shape index (κ2) is 10.2. The van der Waals surface area contributed by atoms with E-state index in [0.717, 1.165) is 22.4 Å². The van der Waals surface area contributed by atoms with E-state index in [1.165, 1.54) is 0 Å². The number of anilines is 1. The molecule has 1 aliphatic heterocycles. The predicted octanol–water partition coefficient (Wildman–Crippen LogP) is 1.78. The van der Waals surface area contributed by atoms with Gasteiger partial charge in [-0.1, -0.05) is 17.7 Å². The normalized spacial score (nSPS) is 14.1. The molecule has 1 saturated heterocycles. The average molecular weight is 405 g/mol. The molecule has 1 aromatic carbocycles. The Morgan fingerprint density at radius 1 is 1.00 bits per heavy atom. The van der Waals surface area contributed by atoms with Crippen LogP contribution in [0.5, 0.6) is 0 Å². The van der Waals surface area contributed by atoms with Gasteiger partial charge in [-0.15, -0.1) is 0 Å². The van der Waals surface area contributed by atoms with Crippen LogP contribution in [0.25, 0.3) is 0 Å². The summed E-state index contributed by atoms with van der Waals surface area (Å²) in [5.74, 6) is -0.200. The van der Waals surface area contributed by atoms with Gasteiger partial charge >= 0.3 is 6.09 Å². The topological polar surface area (TPSA) is 82.2 Å². The summed E-state index contributed by atoms with van der Waals surface area (Å²) >= 11 is 0. The highest BCUT2D eigenvalue weighted by atomic mass is 16.6. The fraction of sp³-hybridized carbons (Fsp3) is 0.571. The number of likely N-dealkylation sites (N-methyl/N-ethyl adjacent to an activating group) is 1. The van der Waals surface area contributed by atoms with Crippen LogP contribution in [0.3, 0.4) is 0 Å². The minimum absolute atomic E-state index is 0.0495. The lowest BCUT2D eigenvalue weighted by atomic mass is 10.1. The molecular formula is C21H32N4O4. The van der Waals surface area contributed by atoms with Gasteiger partial charge in [-0.3, -0.25) is 14.5 Å².